The molecule has 0 bridgehead atoms. The van der Waals surface area contributed by atoms with Crippen molar-refractivity contribution in [3.63, 3.8) is 0 Å². The Hall–Kier alpha value is -1.62. The van der Waals surface area contributed by atoms with Crippen molar-refractivity contribution in [3.8, 4) is 0 Å². The first-order valence-electron chi connectivity index (χ1n) is 7.47. The Morgan fingerprint density at radius 3 is 2.85 bits per heavy atom. The summed E-state index contributed by atoms with van der Waals surface area (Å²) in [6.07, 6.45) is 8.37. The van der Waals surface area contributed by atoms with Gasteiger partial charge in [0.2, 0.25) is 0 Å². The fraction of sp³-hybridized carbons (Fsp3) is 0.600. The monoisotopic (exact) mass is 276 g/mol. The van der Waals surface area contributed by atoms with E-state index in [0.717, 1.165) is 24.9 Å². The average molecular weight is 276 g/mol. The molecule has 0 radical (unpaired) electrons. The van der Waals surface area contributed by atoms with Crippen LogP contribution in [0.4, 0.5) is 4.79 Å². The molecule has 2 N–H and O–H groups in total. The average Bonchev–Trinajstić information content (AvgIpc) is 2.99. The summed E-state index contributed by atoms with van der Waals surface area (Å²) in [6, 6.07) is 3.71. The lowest BCUT2D eigenvalue weighted by atomic mass is 10.3. The van der Waals surface area contributed by atoms with Crippen LogP contribution in [0.1, 0.15) is 31.2 Å². The summed E-state index contributed by atoms with van der Waals surface area (Å²) in [5.74, 6) is 0. The molecule has 0 spiro atoms. The summed E-state index contributed by atoms with van der Waals surface area (Å²) in [4.78, 5) is 18.1. The number of amides is 2. The van der Waals surface area contributed by atoms with Gasteiger partial charge in [-0.3, -0.25) is 4.98 Å². The van der Waals surface area contributed by atoms with Crippen molar-refractivity contribution >= 4 is 6.03 Å². The highest BCUT2D eigenvalue weighted by Gasteiger charge is 2.10. The smallest absolute Gasteiger partial charge is 0.315 e. The molecule has 2 heterocycles. The first-order valence-corrected chi connectivity index (χ1v) is 7.47. The SMILES string of the molecule is O=C(NCCCCN1CCCC1)NCc1cccnc1. The molecule has 0 aliphatic carbocycles. The van der Waals surface area contributed by atoms with Gasteiger partial charge in [-0.2, -0.15) is 0 Å². The van der Waals surface area contributed by atoms with E-state index in [1.165, 1.54) is 32.5 Å². The molecule has 5 nitrogen and oxygen atoms in total. The Labute approximate surface area is 120 Å². The number of aromatic nitrogens is 1. The zero-order chi connectivity index (χ0) is 14.0. The molecule has 1 aliphatic heterocycles. The lowest BCUT2D eigenvalue weighted by Crippen LogP contribution is -2.35. The van der Waals surface area contributed by atoms with E-state index in [0.29, 0.717) is 6.54 Å². The Morgan fingerprint density at radius 2 is 2.10 bits per heavy atom. The summed E-state index contributed by atoms with van der Waals surface area (Å²) in [6.45, 7) is 4.93. The van der Waals surface area contributed by atoms with E-state index in [1.54, 1.807) is 12.4 Å². The van der Waals surface area contributed by atoms with Crippen molar-refractivity contribution in [2.24, 2.45) is 0 Å². The van der Waals surface area contributed by atoms with E-state index in [1.807, 2.05) is 12.1 Å². The fourth-order valence-electron chi connectivity index (χ4n) is 2.42. The summed E-state index contributed by atoms with van der Waals surface area (Å²) < 4.78 is 0. The van der Waals surface area contributed by atoms with E-state index in [2.05, 4.69) is 20.5 Å². The molecule has 1 aromatic rings. The molecule has 5 heteroatoms. The Balaban J connectivity index is 1.47. The third-order valence-corrected chi connectivity index (χ3v) is 3.56. The van der Waals surface area contributed by atoms with Crippen molar-refractivity contribution < 1.29 is 4.79 Å². The number of unbranched alkanes of at least 4 members (excludes halogenated alkanes) is 1. The first-order chi connectivity index (χ1) is 9.84. The molecule has 1 aromatic heterocycles. The number of likely N-dealkylation sites (tertiary alicyclic amines) is 1. The van der Waals surface area contributed by atoms with Crippen LogP contribution in [0.15, 0.2) is 24.5 Å². The van der Waals surface area contributed by atoms with Gasteiger partial charge in [0.05, 0.1) is 0 Å². The molecule has 1 saturated heterocycles. The summed E-state index contributed by atoms with van der Waals surface area (Å²) in [5, 5.41) is 5.72. The molecule has 2 amide bonds. The number of hydrogen-bond donors (Lipinski definition) is 2. The van der Waals surface area contributed by atoms with Gasteiger partial charge in [0.15, 0.2) is 0 Å². The Bertz CT molecular complexity index is 390. The van der Waals surface area contributed by atoms with Crippen molar-refractivity contribution in [3.05, 3.63) is 30.1 Å². The molecule has 110 valence electrons. The van der Waals surface area contributed by atoms with Gasteiger partial charge in [-0.25, -0.2) is 4.79 Å². The van der Waals surface area contributed by atoms with Crippen molar-refractivity contribution in [1.29, 1.82) is 0 Å². The lowest BCUT2D eigenvalue weighted by Gasteiger charge is -2.14. The van der Waals surface area contributed by atoms with Crippen molar-refractivity contribution in [1.82, 2.24) is 20.5 Å². The minimum atomic E-state index is -0.102. The van der Waals surface area contributed by atoms with Gasteiger partial charge in [-0.1, -0.05) is 6.07 Å². The highest BCUT2D eigenvalue weighted by molar-refractivity contribution is 5.73. The summed E-state index contributed by atoms with van der Waals surface area (Å²) in [7, 11) is 0. The van der Waals surface area contributed by atoms with Crippen LogP contribution >= 0.6 is 0 Å². The van der Waals surface area contributed by atoms with Crippen LogP contribution < -0.4 is 10.6 Å². The van der Waals surface area contributed by atoms with Gasteiger partial charge in [0, 0.05) is 25.5 Å². The second-order valence-corrected chi connectivity index (χ2v) is 5.23. The largest absolute Gasteiger partial charge is 0.338 e. The van der Waals surface area contributed by atoms with Crippen LogP contribution in [0.25, 0.3) is 0 Å². The number of rotatable bonds is 7. The van der Waals surface area contributed by atoms with E-state index < -0.39 is 0 Å². The standard InChI is InChI=1S/C15H24N4O/c20-15(18-13-14-6-5-7-16-12-14)17-8-1-2-9-19-10-3-4-11-19/h5-7,12H,1-4,8-11,13H2,(H2,17,18,20). The van der Waals surface area contributed by atoms with Crippen LogP contribution in [-0.4, -0.2) is 42.1 Å². The topological polar surface area (TPSA) is 57.3 Å². The lowest BCUT2D eigenvalue weighted by molar-refractivity contribution is 0.240. The number of pyridine rings is 1. The van der Waals surface area contributed by atoms with Crippen LogP contribution in [-0.2, 0) is 6.54 Å². The number of carbonyl (C=O) groups is 1. The second kappa shape index (κ2) is 8.53. The Kier molecular flexibility index (Phi) is 6.31. The zero-order valence-electron chi connectivity index (χ0n) is 12.0. The van der Waals surface area contributed by atoms with Crippen LogP contribution in [0.5, 0.6) is 0 Å². The minimum Gasteiger partial charge on any atom is -0.338 e. The summed E-state index contributed by atoms with van der Waals surface area (Å²) >= 11 is 0. The maximum atomic E-state index is 11.6. The third kappa shape index (κ3) is 5.57. The molecular weight excluding hydrogens is 252 g/mol. The third-order valence-electron chi connectivity index (χ3n) is 3.56. The predicted octanol–water partition coefficient (Wildman–Crippen LogP) is 1.76. The molecular formula is C15H24N4O. The van der Waals surface area contributed by atoms with Crippen LogP contribution in [0.2, 0.25) is 0 Å². The molecule has 0 saturated carbocycles. The minimum absolute atomic E-state index is 0.102. The quantitative estimate of drug-likeness (QED) is 0.746. The molecule has 0 atom stereocenters. The molecule has 0 aromatic carbocycles. The molecule has 0 unspecified atom stereocenters. The van der Waals surface area contributed by atoms with E-state index >= 15 is 0 Å². The highest BCUT2D eigenvalue weighted by atomic mass is 16.2. The van der Waals surface area contributed by atoms with Gasteiger partial charge in [0.1, 0.15) is 0 Å². The number of carbonyl (C=O) groups excluding carboxylic acids is 1. The van der Waals surface area contributed by atoms with E-state index in [-0.39, 0.29) is 6.03 Å². The number of nitrogens with one attached hydrogen (secondary N) is 2. The van der Waals surface area contributed by atoms with Gasteiger partial charge in [-0.05, 0) is 56.9 Å². The van der Waals surface area contributed by atoms with Crippen LogP contribution in [0.3, 0.4) is 0 Å². The van der Waals surface area contributed by atoms with Gasteiger partial charge >= 0.3 is 6.03 Å². The maximum Gasteiger partial charge on any atom is 0.315 e. The Morgan fingerprint density at radius 1 is 1.25 bits per heavy atom. The molecule has 1 fully saturated rings. The first kappa shape index (κ1) is 14.8. The van der Waals surface area contributed by atoms with Gasteiger partial charge < -0.3 is 15.5 Å². The number of nitrogens with zero attached hydrogens (tertiary/aromatic N) is 2. The van der Waals surface area contributed by atoms with Crippen molar-refractivity contribution in [2.45, 2.75) is 32.2 Å². The second-order valence-electron chi connectivity index (χ2n) is 5.23. The van der Waals surface area contributed by atoms with Gasteiger partial charge in [-0.15, -0.1) is 0 Å². The fourth-order valence-corrected chi connectivity index (χ4v) is 2.42. The highest BCUT2D eigenvalue weighted by Crippen LogP contribution is 2.07. The summed E-state index contributed by atoms with van der Waals surface area (Å²) in [5.41, 5.74) is 1.01. The zero-order valence-corrected chi connectivity index (χ0v) is 12.0. The molecule has 20 heavy (non-hydrogen) atoms. The molecule has 2 rings (SSSR count). The predicted molar refractivity (Wildman–Crippen MR) is 79.4 cm³/mol. The van der Waals surface area contributed by atoms with Crippen LogP contribution in [0, 0.1) is 0 Å². The normalized spacial score (nSPS) is 15.2. The van der Waals surface area contributed by atoms with Crippen molar-refractivity contribution in [2.75, 3.05) is 26.2 Å². The van der Waals surface area contributed by atoms with E-state index in [4.69, 9.17) is 0 Å². The number of hydrogen-bond acceptors (Lipinski definition) is 3. The number of urea groups is 1. The maximum absolute atomic E-state index is 11.6. The van der Waals surface area contributed by atoms with Gasteiger partial charge in [0.25, 0.3) is 0 Å². The molecule has 1 aliphatic rings. The van der Waals surface area contributed by atoms with E-state index in [9.17, 15) is 4.79 Å².